The van der Waals surface area contributed by atoms with E-state index in [1.807, 2.05) is 44.8 Å². The molecule has 15 nitrogen and oxygen atoms in total. The zero-order valence-electron chi connectivity index (χ0n) is 39.5. The molecule has 374 valence electrons. The van der Waals surface area contributed by atoms with Crippen molar-refractivity contribution in [1.29, 1.82) is 0 Å². The molecule has 6 aromatic heterocycles. The first-order valence-electron chi connectivity index (χ1n) is 24.0. The maximum absolute atomic E-state index is 13.5. The quantitative estimate of drug-likeness (QED) is 0.146. The Morgan fingerprint density at radius 3 is 1.37 bits per heavy atom. The van der Waals surface area contributed by atoms with Gasteiger partial charge >= 0.3 is 0 Å². The normalized spacial score (nSPS) is 18.5. The van der Waals surface area contributed by atoms with Crippen LogP contribution in [0.3, 0.4) is 0 Å². The zero-order valence-corrected chi connectivity index (χ0v) is 41.9. The van der Waals surface area contributed by atoms with Crippen LogP contribution in [0.1, 0.15) is 94.6 Å². The Morgan fingerprint density at radius 2 is 1.00 bits per heavy atom. The molecule has 2 saturated carbocycles. The van der Waals surface area contributed by atoms with Crippen molar-refractivity contribution in [3.05, 3.63) is 133 Å². The average molecular weight is 1020 g/mol. The minimum absolute atomic E-state index is 0. The molecule has 8 aromatic rings. The third kappa shape index (κ3) is 10.7. The molecule has 18 heteroatoms. The molecular weight excluding hydrogens is 956 g/mol. The SMILES string of the molecule is C.C1CNC1.Cl.Cn1cc(-c2cn(S(=O)(=O)c3ccccc3)c3ncc(C4CCC(=O)CC4)cc23)cn1.Cn1cc(-c2cn(S(=O)(=O)c3ccccc3)c3ncc(C4CCC(N5CCC5)CC4)cc23)cn1. The molecule has 0 spiro atoms. The molecule has 2 saturated heterocycles. The van der Waals surface area contributed by atoms with Gasteiger partial charge in [0.05, 0.1) is 22.2 Å². The van der Waals surface area contributed by atoms with Crippen LogP contribution in [0.4, 0.5) is 0 Å². The highest BCUT2D eigenvalue weighted by Gasteiger charge is 2.31. The van der Waals surface area contributed by atoms with Crippen molar-refractivity contribution in [1.82, 2.24) is 47.7 Å². The first-order chi connectivity index (χ1) is 33.4. The number of aromatic nitrogens is 8. The minimum atomic E-state index is -3.81. The highest BCUT2D eigenvalue weighted by atomic mass is 35.5. The summed E-state index contributed by atoms with van der Waals surface area (Å²) in [6.07, 6.45) is 24.5. The van der Waals surface area contributed by atoms with Crippen molar-refractivity contribution in [2.45, 2.75) is 99.3 Å². The van der Waals surface area contributed by atoms with E-state index in [0.717, 1.165) is 70.3 Å². The molecule has 2 aliphatic heterocycles. The van der Waals surface area contributed by atoms with Gasteiger partial charge in [-0.2, -0.15) is 10.2 Å². The van der Waals surface area contributed by atoms with Gasteiger partial charge in [-0.05, 0) is 137 Å². The smallest absolute Gasteiger partial charge is 0.269 e. The fourth-order valence-corrected chi connectivity index (χ4v) is 12.6. The summed E-state index contributed by atoms with van der Waals surface area (Å²) in [5, 5.41) is 13.3. The number of Topliss-reactive ketones (excluding diaryl/α,β-unsaturated/α-hetero) is 1. The molecule has 8 heterocycles. The lowest BCUT2D eigenvalue weighted by atomic mass is 9.81. The Labute approximate surface area is 422 Å². The van der Waals surface area contributed by atoms with Gasteiger partial charge in [-0.1, -0.05) is 43.8 Å². The van der Waals surface area contributed by atoms with Gasteiger partial charge in [-0.15, -0.1) is 12.4 Å². The summed E-state index contributed by atoms with van der Waals surface area (Å²) in [5.74, 6) is 1.03. The Balaban J connectivity index is 0.000000172. The van der Waals surface area contributed by atoms with Crippen LogP contribution < -0.4 is 5.32 Å². The number of rotatable bonds is 9. The number of benzene rings is 2. The van der Waals surface area contributed by atoms with Crippen LogP contribution in [-0.2, 0) is 38.9 Å². The first-order valence-corrected chi connectivity index (χ1v) is 26.9. The van der Waals surface area contributed by atoms with Crippen LogP contribution >= 0.6 is 12.4 Å². The molecule has 0 bridgehead atoms. The molecule has 12 rings (SSSR count). The van der Waals surface area contributed by atoms with Crippen molar-refractivity contribution in [3.63, 3.8) is 0 Å². The molecule has 0 amide bonds. The first kappa shape index (κ1) is 51.4. The third-order valence-electron chi connectivity index (χ3n) is 14.2. The molecule has 4 fully saturated rings. The summed E-state index contributed by atoms with van der Waals surface area (Å²) >= 11 is 0. The molecule has 0 radical (unpaired) electrons. The maximum Gasteiger partial charge on any atom is 0.269 e. The number of ketones is 1. The van der Waals surface area contributed by atoms with Crippen LogP contribution in [0.15, 0.2) is 132 Å². The van der Waals surface area contributed by atoms with E-state index >= 15 is 0 Å². The fraction of sp³-hybridized carbons (Fsp3) is 0.377. The molecule has 2 aromatic carbocycles. The zero-order chi connectivity index (χ0) is 47.7. The molecule has 0 atom stereocenters. The molecule has 1 N–H and O–H groups in total. The topological polar surface area (TPSA) is 172 Å². The predicted molar refractivity (Wildman–Crippen MR) is 281 cm³/mol. The van der Waals surface area contributed by atoms with Crippen LogP contribution in [0, 0.1) is 0 Å². The van der Waals surface area contributed by atoms with Crippen LogP contribution in [0.25, 0.3) is 44.3 Å². The Hall–Kier alpha value is -5.98. The van der Waals surface area contributed by atoms with E-state index in [1.54, 1.807) is 94.9 Å². The summed E-state index contributed by atoms with van der Waals surface area (Å²) in [5.41, 5.74) is 6.41. The van der Waals surface area contributed by atoms with Crippen LogP contribution in [0.5, 0.6) is 0 Å². The van der Waals surface area contributed by atoms with Crippen LogP contribution in [-0.4, -0.2) is 97.2 Å². The molecule has 0 unspecified atom stereocenters. The van der Waals surface area contributed by atoms with E-state index in [0.29, 0.717) is 35.8 Å². The van der Waals surface area contributed by atoms with Gasteiger partial charge in [0.25, 0.3) is 20.0 Å². The number of nitrogens with one attached hydrogen (secondary N) is 1. The monoisotopic (exact) mass is 1020 g/mol. The number of halogens is 1. The lowest BCUT2D eigenvalue weighted by Crippen LogP contribution is -2.46. The van der Waals surface area contributed by atoms with Crippen molar-refractivity contribution in [2.75, 3.05) is 26.2 Å². The van der Waals surface area contributed by atoms with E-state index in [-0.39, 0.29) is 35.5 Å². The lowest BCUT2D eigenvalue weighted by molar-refractivity contribution is -0.120. The highest BCUT2D eigenvalue weighted by Crippen LogP contribution is 2.40. The Morgan fingerprint density at radius 1 is 0.577 bits per heavy atom. The molecule has 4 aliphatic rings. The van der Waals surface area contributed by atoms with Gasteiger partial charge in [0.15, 0.2) is 11.3 Å². The van der Waals surface area contributed by atoms with E-state index in [4.69, 9.17) is 4.98 Å². The van der Waals surface area contributed by atoms with Gasteiger partial charge in [-0.3, -0.25) is 14.2 Å². The summed E-state index contributed by atoms with van der Waals surface area (Å²) in [6, 6.07) is 21.8. The van der Waals surface area contributed by atoms with Gasteiger partial charge in [0.1, 0.15) is 5.78 Å². The van der Waals surface area contributed by atoms with E-state index in [9.17, 15) is 21.6 Å². The largest absolute Gasteiger partial charge is 0.317 e. The second-order valence-corrected chi connectivity index (χ2v) is 22.3. The van der Waals surface area contributed by atoms with Crippen LogP contribution in [0.2, 0.25) is 0 Å². The lowest BCUT2D eigenvalue weighted by Gasteiger charge is -2.42. The number of fused-ring (bicyclic) bond motifs is 2. The summed E-state index contributed by atoms with van der Waals surface area (Å²) in [6.45, 7) is 5.00. The van der Waals surface area contributed by atoms with E-state index in [2.05, 4.69) is 31.5 Å². The number of hydrogen-bond acceptors (Lipinski definition) is 11. The van der Waals surface area contributed by atoms with Crippen molar-refractivity contribution < 1.29 is 21.6 Å². The van der Waals surface area contributed by atoms with Crippen molar-refractivity contribution >= 4 is 60.3 Å². The third-order valence-corrected chi connectivity index (χ3v) is 17.5. The number of carbonyl (C=O) groups is 1. The molecule has 2 aliphatic carbocycles. The Bertz CT molecular complexity index is 3320. The van der Waals surface area contributed by atoms with Crippen molar-refractivity contribution in [2.24, 2.45) is 14.1 Å². The second kappa shape index (κ2) is 21.8. The molecular formula is C53H63ClN10O5S2. The van der Waals surface area contributed by atoms with Gasteiger partial charge in [0, 0.05) is 103 Å². The van der Waals surface area contributed by atoms with Gasteiger partial charge in [0.2, 0.25) is 0 Å². The second-order valence-electron chi connectivity index (χ2n) is 18.7. The van der Waals surface area contributed by atoms with Gasteiger partial charge in [-0.25, -0.2) is 34.7 Å². The standard InChI is InChI=1S/C26H29N5O2S.C23H22N4O3S.C3H7N.CH4.ClH/c1-29-17-21(16-28-29)25-18-31(34(32,33)23-6-3-2-4-7-23)26-24(25)14-20(15-27-26)19-8-10-22(11-9-19)30-12-5-13-30;1-26-14-18(13-25-26)22-15-27(31(29,30)20-5-3-2-4-6-20)23-21(22)11-17(12-24-23)16-7-9-19(28)10-8-16;1-2-4-3-1;;/h2-4,6-7,14-19,22H,5,8-13H2,1H3;2-6,11-16H,7-10H2,1H3;4H,1-3H2;1H4;1H. The average Bonchev–Trinajstić information content (AvgIpc) is 4.14. The van der Waals surface area contributed by atoms with Crippen molar-refractivity contribution in [3.8, 4) is 22.3 Å². The maximum atomic E-state index is 13.5. The van der Waals surface area contributed by atoms with E-state index < -0.39 is 20.0 Å². The number of pyridine rings is 2. The predicted octanol–water partition coefficient (Wildman–Crippen LogP) is 9.34. The number of carbonyl (C=O) groups excluding carboxylic acids is 1. The number of aryl methyl sites for hydroxylation is 2. The summed E-state index contributed by atoms with van der Waals surface area (Å²) < 4.78 is 59.8. The highest BCUT2D eigenvalue weighted by molar-refractivity contribution is 7.90. The molecule has 71 heavy (non-hydrogen) atoms. The fourth-order valence-electron chi connectivity index (χ4n) is 9.93. The number of hydrogen-bond donors (Lipinski definition) is 1. The summed E-state index contributed by atoms with van der Waals surface area (Å²) in [7, 11) is -3.89. The van der Waals surface area contributed by atoms with Gasteiger partial charge < -0.3 is 10.2 Å². The summed E-state index contributed by atoms with van der Waals surface area (Å²) in [4.78, 5) is 24.0. The minimum Gasteiger partial charge on any atom is -0.317 e. The van der Waals surface area contributed by atoms with E-state index in [1.165, 1.54) is 65.4 Å². The number of likely N-dealkylation sites (tertiary alicyclic amines) is 1. The Kier molecular flexibility index (Phi) is 15.8. The number of nitrogens with zero attached hydrogens (tertiary/aromatic N) is 9.